The van der Waals surface area contributed by atoms with Crippen molar-refractivity contribution in [3.8, 4) is 5.69 Å². The first kappa shape index (κ1) is 21.3. The summed E-state index contributed by atoms with van der Waals surface area (Å²) in [5, 5.41) is 5.21. The van der Waals surface area contributed by atoms with E-state index < -0.39 is 0 Å². The van der Waals surface area contributed by atoms with Crippen molar-refractivity contribution < 1.29 is 0 Å². The molecule has 0 N–H and O–H groups in total. The van der Waals surface area contributed by atoms with Gasteiger partial charge >= 0.3 is 0 Å². The summed E-state index contributed by atoms with van der Waals surface area (Å²) in [6.07, 6.45) is 6.84. The minimum absolute atomic E-state index is 1.03. The maximum atomic E-state index is 2.47. The van der Waals surface area contributed by atoms with E-state index in [1.807, 2.05) is 0 Å². The van der Waals surface area contributed by atoms with Crippen LogP contribution < -0.4 is 0 Å². The molecule has 0 spiro atoms. The molecule has 2 heteroatoms. The van der Waals surface area contributed by atoms with Crippen LogP contribution in [0.5, 0.6) is 0 Å². The average Bonchev–Trinajstić information content (AvgIpc) is 3.51. The number of aromatic nitrogens is 2. The van der Waals surface area contributed by atoms with Crippen LogP contribution in [0.15, 0.2) is 133 Å². The largest absolute Gasteiger partial charge is 0.313 e. The molecule has 1 aliphatic carbocycles. The van der Waals surface area contributed by atoms with E-state index in [1.54, 1.807) is 0 Å². The van der Waals surface area contributed by atoms with Gasteiger partial charge in [-0.1, -0.05) is 91.0 Å². The van der Waals surface area contributed by atoms with Crippen molar-refractivity contribution in [1.82, 2.24) is 9.13 Å². The maximum absolute atomic E-state index is 2.47. The van der Waals surface area contributed by atoms with Crippen LogP contribution in [0.1, 0.15) is 18.4 Å². The zero-order valence-corrected chi connectivity index (χ0v) is 21.0. The normalized spacial score (nSPS) is 13.9. The highest BCUT2D eigenvalue weighted by Crippen LogP contribution is 2.37. The Morgan fingerprint density at radius 1 is 0.474 bits per heavy atom. The molecule has 0 atom stereocenters. The molecule has 5 aromatic carbocycles. The SMILES string of the molecule is C1=C(c2cccc(-n3c4ccccc4c4ccccc43)c2)C=C(n2c3ccccc3c3ccccc32)CC1. The van der Waals surface area contributed by atoms with Crippen LogP contribution in [-0.2, 0) is 0 Å². The Kier molecular flexibility index (Phi) is 4.68. The van der Waals surface area contributed by atoms with E-state index in [0.717, 1.165) is 12.8 Å². The average molecular weight is 487 g/mol. The van der Waals surface area contributed by atoms with E-state index in [0.29, 0.717) is 0 Å². The fourth-order valence-electron chi connectivity index (χ4n) is 6.32. The lowest BCUT2D eigenvalue weighted by molar-refractivity contribution is 0.982. The van der Waals surface area contributed by atoms with Gasteiger partial charge in [-0.25, -0.2) is 0 Å². The molecular formula is C36H26N2. The Hall–Kier alpha value is -4.82. The number of hydrogen-bond acceptors (Lipinski definition) is 0. The van der Waals surface area contributed by atoms with Crippen molar-refractivity contribution in [2.45, 2.75) is 12.8 Å². The molecule has 8 rings (SSSR count). The predicted octanol–water partition coefficient (Wildman–Crippen LogP) is 9.61. The van der Waals surface area contributed by atoms with Crippen molar-refractivity contribution in [2.24, 2.45) is 0 Å². The molecule has 2 heterocycles. The van der Waals surface area contributed by atoms with E-state index >= 15 is 0 Å². The van der Waals surface area contributed by atoms with Crippen LogP contribution in [0.4, 0.5) is 0 Å². The second-order valence-electron chi connectivity index (χ2n) is 10.1. The van der Waals surface area contributed by atoms with E-state index in [2.05, 4.69) is 143 Å². The quantitative estimate of drug-likeness (QED) is 0.235. The highest BCUT2D eigenvalue weighted by atomic mass is 15.0. The van der Waals surface area contributed by atoms with Crippen LogP contribution in [0, 0.1) is 0 Å². The molecule has 0 unspecified atom stereocenters. The molecule has 2 aromatic heterocycles. The van der Waals surface area contributed by atoms with Crippen LogP contribution in [0.2, 0.25) is 0 Å². The first-order valence-electron chi connectivity index (χ1n) is 13.4. The van der Waals surface area contributed by atoms with Crippen LogP contribution in [-0.4, -0.2) is 9.13 Å². The number of hydrogen-bond donors (Lipinski definition) is 0. The first-order chi connectivity index (χ1) is 18.9. The lowest BCUT2D eigenvalue weighted by atomic mass is 9.97. The number of benzene rings is 5. The summed E-state index contributed by atoms with van der Waals surface area (Å²) in [5.74, 6) is 0. The lowest BCUT2D eigenvalue weighted by Crippen LogP contribution is -2.01. The van der Waals surface area contributed by atoms with Gasteiger partial charge in [-0.2, -0.15) is 0 Å². The summed E-state index contributed by atoms with van der Waals surface area (Å²) < 4.78 is 4.86. The Balaban J connectivity index is 1.29. The van der Waals surface area contributed by atoms with Gasteiger partial charge in [0, 0.05) is 32.9 Å². The molecule has 180 valence electrons. The molecule has 2 nitrogen and oxygen atoms in total. The van der Waals surface area contributed by atoms with Crippen molar-refractivity contribution in [3.63, 3.8) is 0 Å². The molecule has 0 saturated carbocycles. The molecule has 7 aromatic rings. The van der Waals surface area contributed by atoms with Gasteiger partial charge in [-0.05, 0) is 66.5 Å². The zero-order valence-electron chi connectivity index (χ0n) is 21.0. The van der Waals surface area contributed by atoms with Gasteiger partial charge in [0.15, 0.2) is 0 Å². The Morgan fingerprint density at radius 3 is 1.53 bits per heavy atom. The van der Waals surface area contributed by atoms with Crippen LogP contribution >= 0.6 is 0 Å². The molecule has 0 radical (unpaired) electrons. The van der Waals surface area contributed by atoms with Gasteiger partial charge in [-0.3, -0.25) is 0 Å². The number of para-hydroxylation sites is 4. The summed E-state index contributed by atoms with van der Waals surface area (Å²) in [4.78, 5) is 0. The molecule has 1 aliphatic rings. The number of rotatable bonds is 3. The molecule has 0 amide bonds. The van der Waals surface area contributed by atoms with Gasteiger partial charge < -0.3 is 9.13 Å². The highest BCUT2D eigenvalue weighted by molar-refractivity contribution is 6.11. The van der Waals surface area contributed by atoms with E-state index in [-0.39, 0.29) is 0 Å². The topological polar surface area (TPSA) is 9.86 Å². The summed E-state index contributed by atoms with van der Waals surface area (Å²) >= 11 is 0. The minimum atomic E-state index is 1.03. The predicted molar refractivity (Wildman–Crippen MR) is 162 cm³/mol. The van der Waals surface area contributed by atoms with Gasteiger partial charge in [0.25, 0.3) is 0 Å². The highest BCUT2D eigenvalue weighted by Gasteiger charge is 2.17. The lowest BCUT2D eigenvalue weighted by Gasteiger charge is -2.18. The fraction of sp³-hybridized carbons (Fsp3) is 0.0556. The molecule has 38 heavy (non-hydrogen) atoms. The van der Waals surface area contributed by atoms with Crippen LogP contribution in [0.3, 0.4) is 0 Å². The van der Waals surface area contributed by atoms with Crippen LogP contribution in [0.25, 0.3) is 60.6 Å². The summed E-state index contributed by atoms with van der Waals surface area (Å²) in [5.41, 5.74) is 10.1. The first-order valence-corrected chi connectivity index (χ1v) is 13.4. The molecule has 0 bridgehead atoms. The van der Waals surface area contributed by atoms with Crippen molar-refractivity contribution in [3.05, 3.63) is 139 Å². The number of nitrogens with zero attached hydrogens (tertiary/aromatic N) is 2. The van der Waals surface area contributed by atoms with Crippen molar-refractivity contribution in [1.29, 1.82) is 0 Å². The van der Waals surface area contributed by atoms with Gasteiger partial charge in [0.05, 0.1) is 22.1 Å². The van der Waals surface area contributed by atoms with E-state index in [9.17, 15) is 0 Å². The van der Waals surface area contributed by atoms with Crippen molar-refractivity contribution >= 4 is 54.9 Å². The summed E-state index contributed by atoms with van der Waals surface area (Å²) in [7, 11) is 0. The minimum Gasteiger partial charge on any atom is -0.313 e. The van der Waals surface area contributed by atoms with Gasteiger partial charge in [0.1, 0.15) is 0 Å². The maximum Gasteiger partial charge on any atom is 0.0541 e. The molecule has 0 saturated heterocycles. The number of fused-ring (bicyclic) bond motifs is 6. The third-order valence-corrected chi connectivity index (χ3v) is 7.97. The second-order valence-corrected chi connectivity index (χ2v) is 10.1. The summed E-state index contributed by atoms with van der Waals surface area (Å²) in [6.45, 7) is 0. The number of allylic oxidation sites excluding steroid dienone is 4. The molecule has 0 fully saturated rings. The summed E-state index contributed by atoms with van der Waals surface area (Å²) in [6, 6.07) is 44.0. The monoisotopic (exact) mass is 486 g/mol. The standard InChI is InChI=1S/C36H26N2/c1-5-19-33-29(15-1)30-16-2-6-20-34(30)37(33)27-13-9-11-25(23-27)26-12-10-14-28(24-26)38-35-21-7-3-17-31(35)32-18-4-8-22-36(32)38/h1-9,11-13,15-24H,10,14H2. The van der Waals surface area contributed by atoms with E-state index in [1.165, 1.54) is 66.1 Å². The van der Waals surface area contributed by atoms with E-state index in [4.69, 9.17) is 0 Å². The van der Waals surface area contributed by atoms with Crippen molar-refractivity contribution in [2.75, 3.05) is 0 Å². The Bertz CT molecular complexity index is 1970. The fourth-order valence-corrected chi connectivity index (χ4v) is 6.32. The zero-order chi connectivity index (χ0) is 25.1. The van der Waals surface area contributed by atoms with Gasteiger partial charge in [0.2, 0.25) is 0 Å². The third-order valence-electron chi connectivity index (χ3n) is 7.97. The molecular weight excluding hydrogens is 460 g/mol. The smallest absolute Gasteiger partial charge is 0.0541 e. The molecule has 0 aliphatic heterocycles. The van der Waals surface area contributed by atoms with Gasteiger partial charge in [-0.15, -0.1) is 0 Å². The Morgan fingerprint density at radius 2 is 0.974 bits per heavy atom. The second kappa shape index (κ2) is 8.36. The Labute approximate surface area is 221 Å². The third kappa shape index (κ3) is 3.13.